The van der Waals surface area contributed by atoms with E-state index in [1.807, 2.05) is 6.92 Å². The fraction of sp³-hybridized carbons (Fsp3) is 0.909. The number of ether oxygens (including phenoxy) is 1. The van der Waals surface area contributed by atoms with Crippen LogP contribution in [0.2, 0.25) is 0 Å². The van der Waals surface area contributed by atoms with Crippen molar-refractivity contribution in [2.45, 2.75) is 45.6 Å². The molecule has 2 unspecified atom stereocenters. The number of hydrogen-bond donors (Lipinski definition) is 2. The van der Waals surface area contributed by atoms with Gasteiger partial charge in [-0.25, -0.2) is 0 Å². The molecule has 0 heterocycles. The van der Waals surface area contributed by atoms with Crippen molar-refractivity contribution in [2.24, 2.45) is 5.92 Å². The zero-order valence-corrected chi connectivity index (χ0v) is 12.6. The molecule has 0 spiro atoms. The summed E-state index contributed by atoms with van der Waals surface area (Å²) in [6, 6.07) is 0. The van der Waals surface area contributed by atoms with Crippen molar-refractivity contribution in [2.75, 3.05) is 13.2 Å². The molecule has 0 fully saturated rings. The fourth-order valence-corrected chi connectivity index (χ4v) is 1.29. The minimum Gasteiger partial charge on any atom is -1.00 e. The molecule has 0 saturated carbocycles. The fourth-order valence-electron chi connectivity index (χ4n) is 1.29. The van der Waals surface area contributed by atoms with Gasteiger partial charge in [-0.2, -0.15) is 0 Å². The molecule has 0 aromatic rings. The second-order valence-electron chi connectivity index (χ2n) is 3.71. The molecule has 0 radical (unpaired) electrons. The first-order chi connectivity index (χ1) is 7.15. The molecule has 0 aliphatic rings. The van der Waals surface area contributed by atoms with E-state index in [0.717, 1.165) is 25.7 Å². The van der Waals surface area contributed by atoms with Crippen molar-refractivity contribution in [3.05, 3.63) is 0 Å². The molecule has 4 nitrogen and oxygen atoms in total. The molecule has 0 aliphatic heterocycles. The van der Waals surface area contributed by atoms with Crippen LogP contribution >= 0.6 is 0 Å². The van der Waals surface area contributed by atoms with Gasteiger partial charge >= 0.3 is 35.5 Å². The Morgan fingerprint density at radius 2 is 2.06 bits per heavy atom. The number of unbranched alkanes of at least 4 members (excludes halogenated alkanes) is 1. The molecular weight excluding hydrogens is 219 g/mol. The van der Waals surface area contributed by atoms with Gasteiger partial charge in [-0.05, 0) is 12.8 Å². The van der Waals surface area contributed by atoms with Crippen LogP contribution in [-0.2, 0) is 9.53 Å². The molecule has 0 aliphatic carbocycles. The van der Waals surface area contributed by atoms with Crippen molar-refractivity contribution >= 4 is 5.97 Å². The zero-order valence-electron chi connectivity index (χ0n) is 11.6. The quantitative estimate of drug-likeness (QED) is 0.390. The summed E-state index contributed by atoms with van der Waals surface area (Å²) in [7, 11) is 0. The molecule has 16 heavy (non-hydrogen) atoms. The van der Waals surface area contributed by atoms with E-state index in [9.17, 15) is 4.79 Å². The average molecular weight is 242 g/mol. The average Bonchev–Trinajstić information content (AvgIpc) is 2.26. The Bertz CT molecular complexity index is 181. The summed E-state index contributed by atoms with van der Waals surface area (Å²) in [5, 5.41) is 17.6. The molecular formula is C11H23NaO4. The maximum absolute atomic E-state index is 11.5. The molecule has 0 rings (SSSR count). The van der Waals surface area contributed by atoms with E-state index in [1.54, 1.807) is 0 Å². The molecule has 0 amide bonds. The molecule has 92 valence electrons. The van der Waals surface area contributed by atoms with Gasteiger partial charge in [0.1, 0.15) is 12.7 Å². The number of rotatable bonds is 8. The predicted octanol–water partition coefficient (Wildman–Crippen LogP) is -1.78. The van der Waals surface area contributed by atoms with Gasteiger partial charge < -0.3 is 16.4 Å². The zero-order chi connectivity index (χ0) is 11.7. The van der Waals surface area contributed by atoms with E-state index in [4.69, 9.17) is 14.9 Å². The van der Waals surface area contributed by atoms with E-state index >= 15 is 0 Å². The van der Waals surface area contributed by atoms with Crippen molar-refractivity contribution in [3.63, 3.8) is 0 Å². The molecule has 5 heteroatoms. The van der Waals surface area contributed by atoms with Gasteiger partial charge in [0.2, 0.25) is 0 Å². The molecule has 0 saturated heterocycles. The van der Waals surface area contributed by atoms with E-state index in [1.165, 1.54) is 0 Å². The van der Waals surface area contributed by atoms with E-state index in [0.29, 0.717) is 0 Å². The number of carbonyl (C=O) groups excluding carboxylic acids is 1. The third-order valence-corrected chi connectivity index (χ3v) is 2.36. The van der Waals surface area contributed by atoms with Gasteiger partial charge in [0.05, 0.1) is 12.5 Å². The number of aliphatic hydroxyl groups is 2. The van der Waals surface area contributed by atoms with E-state index in [2.05, 4.69) is 6.92 Å². The first kappa shape index (κ1) is 18.7. The van der Waals surface area contributed by atoms with Gasteiger partial charge in [0.15, 0.2) is 0 Å². The molecule has 2 N–H and O–H groups in total. The number of carbonyl (C=O) groups is 1. The van der Waals surface area contributed by atoms with E-state index in [-0.39, 0.29) is 56.1 Å². The summed E-state index contributed by atoms with van der Waals surface area (Å²) in [6.07, 6.45) is 2.70. The standard InChI is InChI=1S/C11H22O4.Na.H/c1-3-5-6-9(4-2)11(14)15-8-10(13)7-12;;/h9-10,12-13H,3-8H2,1-2H3;;/q;+1;-1. The van der Waals surface area contributed by atoms with Crippen molar-refractivity contribution in [1.82, 2.24) is 0 Å². The normalized spacial score (nSPS) is 13.8. The molecule has 0 aromatic carbocycles. The minimum absolute atomic E-state index is 0. The number of aliphatic hydroxyl groups excluding tert-OH is 2. The summed E-state index contributed by atoms with van der Waals surface area (Å²) in [6.45, 7) is 3.54. The van der Waals surface area contributed by atoms with Gasteiger partial charge in [-0.1, -0.05) is 26.7 Å². The maximum atomic E-state index is 11.5. The van der Waals surface area contributed by atoms with Crippen molar-refractivity contribution in [3.8, 4) is 0 Å². The Balaban J connectivity index is -0.000000980. The van der Waals surface area contributed by atoms with Gasteiger partial charge in [0, 0.05) is 0 Å². The smallest absolute Gasteiger partial charge is 1.00 e. The van der Waals surface area contributed by atoms with Gasteiger partial charge in [0.25, 0.3) is 0 Å². The van der Waals surface area contributed by atoms with E-state index < -0.39 is 6.10 Å². The van der Waals surface area contributed by atoms with Crippen LogP contribution in [0, 0.1) is 5.92 Å². The summed E-state index contributed by atoms with van der Waals surface area (Å²) in [5.41, 5.74) is 0. The van der Waals surface area contributed by atoms with Crippen LogP contribution in [0.4, 0.5) is 0 Å². The Labute approximate surface area is 121 Å². The second kappa shape index (κ2) is 11.9. The summed E-state index contributed by atoms with van der Waals surface area (Å²) in [5.74, 6) is -0.339. The third-order valence-electron chi connectivity index (χ3n) is 2.36. The molecule has 2 atom stereocenters. The SMILES string of the molecule is CCCCC(CC)C(=O)OCC(O)CO.[H-].[Na+]. The van der Waals surface area contributed by atoms with Crippen LogP contribution in [0.5, 0.6) is 0 Å². The van der Waals surface area contributed by atoms with Crippen molar-refractivity contribution < 1.29 is 50.7 Å². The Hall–Kier alpha value is 0.390. The summed E-state index contributed by atoms with van der Waals surface area (Å²) >= 11 is 0. The first-order valence-corrected chi connectivity index (χ1v) is 5.61. The Morgan fingerprint density at radius 3 is 2.50 bits per heavy atom. The largest absolute Gasteiger partial charge is 1.00 e. The van der Waals surface area contributed by atoms with Crippen LogP contribution in [0.3, 0.4) is 0 Å². The molecule has 0 bridgehead atoms. The van der Waals surface area contributed by atoms with Gasteiger partial charge in [-0.3, -0.25) is 4.79 Å². The van der Waals surface area contributed by atoms with Crippen LogP contribution in [0.25, 0.3) is 0 Å². The number of esters is 1. The van der Waals surface area contributed by atoms with Crippen LogP contribution in [-0.4, -0.2) is 35.5 Å². The monoisotopic (exact) mass is 242 g/mol. The number of hydrogen-bond acceptors (Lipinski definition) is 4. The third kappa shape index (κ3) is 8.53. The predicted molar refractivity (Wildman–Crippen MR) is 58.5 cm³/mol. The topological polar surface area (TPSA) is 66.8 Å². The van der Waals surface area contributed by atoms with Crippen LogP contribution in [0.15, 0.2) is 0 Å². The Morgan fingerprint density at radius 1 is 1.44 bits per heavy atom. The maximum Gasteiger partial charge on any atom is 1.00 e. The Kier molecular flexibility index (Phi) is 13.9. The summed E-state index contributed by atoms with van der Waals surface area (Å²) in [4.78, 5) is 11.5. The van der Waals surface area contributed by atoms with Gasteiger partial charge in [-0.15, -0.1) is 0 Å². The minimum atomic E-state index is -0.961. The van der Waals surface area contributed by atoms with Crippen molar-refractivity contribution in [1.29, 1.82) is 0 Å². The van der Waals surface area contributed by atoms with Crippen LogP contribution < -0.4 is 29.6 Å². The first-order valence-electron chi connectivity index (χ1n) is 5.61. The second-order valence-corrected chi connectivity index (χ2v) is 3.71. The summed E-state index contributed by atoms with van der Waals surface area (Å²) < 4.78 is 4.90. The van der Waals surface area contributed by atoms with Crippen LogP contribution in [0.1, 0.15) is 41.0 Å². The molecule has 0 aromatic heterocycles.